The maximum absolute atomic E-state index is 12.1. The second-order valence-corrected chi connectivity index (χ2v) is 5.21. The smallest absolute Gasteiger partial charge is 0.326 e. The Balaban J connectivity index is 2.07. The van der Waals surface area contributed by atoms with Gasteiger partial charge in [0.1, 0.15) is 6.04 Å². The highest BCUT2D eigenvalue weighted by Crippen LogP contribution is 2.38. The zero-order chi connectivity index (χ0) is 11.9. The maximum atomic E-state index is 12.1. The van der Waals surface area contributed by atoms with Gasteiger partial charge in [-0.3, -0.25) is 4.79 Å². The van der Waals surface area contributed by atoms with Crippen LogP contribution in [-0.4, -0.2) is 34.5 Å². The van der Waals surface area contributed by atoms with E-state index in [4.69, 9.17) is 5.11 Å². The number of carbonyl (C=O) groups is 2. The van der Waals surface area contributed by atoms with Gasteiger partial charge in [0, 0.05) is 12.5 Å². The largest absolute Gasteiger partial charge is 0.480 e. The first-order chi connectivity index (χ1) is 7.52. The quantitative estimate of drug-likeness (QED) is 0.788. The van der Waals surface area contributed by atoms with Crippen molar-refractivity contribution in [3.8, 4) is 0 Å². The van der Waals surface area contributed by atoms with Crippen LogP contribution in [0.3, 0.4) is 0 Å². The number of likely N-dealkylation sites (tertiary alicyclic amines) is 1. The lowest BCUT2D eigenvalue weighted by Crippen LogP contribution is -2.45. The molecule has 0 radical (unpaired) electrons. The Kier molecular flexibility index (Phi) is 2.91. The molecule has 1 amide bonds. The number of hydrogen-bond acceptors (Lipinski definition) is 2. The second-order valence-electron chi connectivity index (χ2n) is 5.21. The lowest BCUT2D eigenvalue weighted by molar-refractivity contribution is -0.151. The zero-order valence-corrected chi connectivity index (χ0v) is 9.85. The van der Waals surface area contributed by atoms with E-state index in [0.717, 1.165) is 19.3 Å². The molecule has 1 heterocycles. The van der Waals surface area contributed by atoms with Gasteiger partial charge in [0.05, 0.1) is 0 Å². The van der Waals surface area contributed by atoms with Crippen molar-refractivity contribution >= 4 is 11.9 Å². The third-order valence-corrected chi connectivity index (χ3v) is 3.95. The normalized spacial score (nSPS) is 31.5. The van der Waals surface area contributed by atoms with E-state index in [9.17, 15) is 9.59 Å². The van der Waals surface area contributed by atoms with Gasteiger partial charge in [-0.2, -0.15) is 0 Å². The van der Waals surface area contributed by atoms with E-state index in [1.165, 1.54) is 0 Å². The van der Waals surface area contributed by atoms with Crippen molar-refractivity contribution in [3.63, 3.8) is 0 Å². The summed E-state index contributed by atoms with van der Waals surface area (Å²) in [6.45, 7) is 4.45. The van der Waals surface area contributed by atoms with Gasteiger partial charge in [-0.15, -0.1) is 0 Å². The molecule has 0 aromatic carbocycles. The standard InChI is InChI=1S/C12H19NO3/c1-7-5-6-13(10(7)12(15)16)11(14)8(2)9-3-4-9/h7-10H,3-6H2,1-2H3,(H,15,16). The van der Waals surface area contributed by atoms with Crippen LogP contribution < -0.4 is 0 Å². The SMILES string of the molecule is CC1CCN(C(=O)C(C)C2CC2)C1C(=O)O. The molecule has 90 valence electrons. The Morgan fingerprint density at radius 3 is 2.44 bits per heavy atom. The van der Waals surface area contributed by atoms with Gasteiger partial charge in [0.2, 0.25) is 5.91 Å². The van der Waals surface area contributed by atoms with Gasteiger partial charge in [-0.1, -0.05) is 13.8 Å². The van der Waals surface area contributed by atoms with Crippen LogP contribution in [0.5, 0.6) is 0 Å². The first-order valence-corrected chi connectivity index (χ1v) is 6.05. The number of aliphatic carboxylic acids is 1. The second kappa shape index (κ2) is 4.07. The molecule has 0 spiro atoms. The first-order valence-electron chi connectivity index (χ1n) is 6.05. The molecule has 1 saturated heterocycles. The van der Waals surface area contributed by atoms with Crippen LogP contribution in [0, 0.1) is 17.8 Å². The summed E-state index contributed by atoms with van der Waals surface area (Å²) in [6, 6.07) is -0.603. The highest BCUT2D eigenvalue weighted by atomic mass is 16.4. The van der Waals surface area contributed by atoms with Gasteiger partial charge in [0.25, 0.3) is 0 Å². The van der Waals surface area contributed by atoms with Crippen LogP contribution in [0.4, 0.5) is 0 Å². The summed E-state index contributed by atoms with van der Waals surface area (Å²) in [5.41, 5.74) is 0. The van der Waals surface area contributed by atoms with Crippen LogP contribution in [0.25, 0.3) is 0 Å². The number of carbonyl (C=O) groups excluding carboxylic acids is 1. The molecule has 4 heteroatoms. The van der Waals surface area contributed by atoms with Gasteiger partial charge < -0.3 is 10.0 Å². The van der Waals surface area contributed by atoms with E-state index in [1.807, 2.05) is 13.8 Å². The van der Waals surface area contributed by atoms with Crippen molar-refractivity contribution in [2.45, 2.75) is 39.2 Å². The van der Waals surface area contributed by atoms with Crippen molar-refractivity contribution in [2.75, 3.05) is 6.54 Å². The van der Waals surface area contributed by atoms with Crippen molar-refractivity contribution in [3.05, 3.63) is 0 Å². The summed E-state index contributed by atoms with van der Waals surface area (Å²) in [6.07, 6.45) is 3.04. The van der Waals surface area contributed by atoms with E-state index in [0.29, 0.717) is 12.5 Å². The lowest BCUT2D eigenvalue weighted by atomic mass is 10.0. The molecule has 4 nitrogen and oxygen atoms in total. The van der Waals surface area contributed by atoms with Crippen LogP contribution in [0.1, 0.15) is 33.1 Å². The van der Waals surface area contributed by atoms with Crippen LogP contribution in [0.15, 0.2) is 0 Å². The Labute approximate surface area is 95.6 Å². The molecule has 0 bridgehead atoms. The van der Waals surface area contributed by atoms with Crippen molar-refractivity contribution < 1.29 is 14.7 Å². The van der Waals surface area contributed by atoms with Crippen molar-refractivity contribution in [1.82, 2.24) is 4.90 Å². The third-order valence-electron chi connectivity index (χ3n) is 3.95. The van der Waals surface area contributed by atoms with E-state index in [-0.39, 0.29) is 17.7 Å². The highest BCUT2D eigenvalue weighted by Gasteiger charge is 2.43. The Morgan fingerprint density at radius 1 is 1.31 bits per heavy atom. The summed E-state index contributed by atoms with van der Waals surface area (Å²) >= 11 is 0. The Bertz CT molecular complexity index is 311. The molecule has 3 unspecified atom stereocenters. The molecule has 1 aliphatic carbocycles. The molecule has 16 heavy (non-hydrogen) atoms. The minimum Gasteiger partial charge on any atom is -0.480 e. The molecule has 3 atom stereocenters. The van der Waals surface area contributed by atoms with Gasteiger partial charge >= 0.3 is 5.97 Å². The first kappa shape index (κ1) is 11.4. The van der Waals surface area contributed by atoms with Crippen LogP contribution >= 0.6 is 0 Å². The maximum Gasteiger partial charge on any atom is 0.326 e. The minimum absolute atomic E-state index is 0.00662. The summed E-state index contributed by atoms with van der Waals surface area (Å²) in [5, 5.41) is 9.15. The number of hydrogen-bond donors (Lipinski definition) is 1. The van der Waals surface area contributed by atoms with Crippen LogP contribution in [-0.2, 0) is 9.59 Å². The molecule has 0 aromatic heterocycles. The van der Waals surface area contributed by atoms with E-state index < -0.39 is 12.0 Å². The highest BCUT2D eigenvalue weighted by molar-refractivity contribution is 5.86. The molecule has 1 aliphatic heterocycles. The molecule has 2 rings (SSSR count). The predicted octanol–water partition coefficient (Wildman–Crippen LogP) is 1.35. The molecule has 1 saturated carbocycles. The lowest BCUT2D eigenvalue weighted by Gasteiger charge is -2.26. The van der Waals surface area contributed by atoms with Crippen LogP contribution in [0.2, 0.25) is 0 Å². The monoisotopic (exact) mass is 225 g/mol. The average Bonchev–Trinajstić information content (AvgIpc) is 2.99. The predicted molar refractivity (Wildman–Crippen MR) is 58.8 cm³/mol. The molecular formula is C12H19NO3. The number of nitrogens with zero attached hydrogens (tertiary/aromatic N) is 1. The Morgan fingerprint density at radius 2 is 1.94 bits per heavy atom. The Hall–Kier alpha value is -1.06. The van der Waals surface area contributed by atoms with E-state index in [2.05, 4.69) is 0 Å². The summed E-state index contributed by atoms with van der Waals surface area (Å²) in [7, 11) is 0. The fraction of sp³-hybridized carbons (Fsp3) is 0.833. The fourth-order valence-corrected chi connectivity index (χ4v) is 2.63. The van der Waals surface area contributed by atoms with E-state index in [1.54, 1.807) is 4.90 Å². The molecular weight excluding hydrogens is 206 g/mol. The van der Waals surface area contributed by atoms with Crippen molar-refractivity contribution in [2.24, 2.45) is 17.8 Å². The number of carboxylic acid groups (broad SMARTS) is 1. The van der Waals surface area contributed by atoms with Gasteiger partial charge in [-0.25, -0.2) is 4.79 Å². The third kappa shape index (κ3) is 1.93. The van der Waals surface area contributed by atoms with Crippen molar-refractivity contribution in [1.29, 1.82) is 0 Å². The summed E-state index contributed by atoms with van der Waals surface area (Å²) in [4.78, 5) is 24.9. The zero-order valence-electron chi connectivity index (χ0n) is 9.85. The molecule has 2 fully saturated rings. The average molecular weight is 225 g/mol. The number of carboxylic acids is 1. The number of amides is 1. The topological polar surface area (TPSA) is 57.6 Å². The molecule has 0 aromatic rings. The summed E-state index contributed by atoms with van der Waals surface area (Å²) < 4.78 is 0. The molecule has 1 N–H and O–H groups in total. The summed E-state index contributed by atoms with van der Waals surface area (Å²) in [5.74, 6) is -0.238. The molecule has 2 aliphatic rings. The van der Waals surface area contributed by atoms with Gasteiger partial charge in [0.15, 0.2) is 0 Å². The van der Waals surface area contributed by atoms with Gasteiger partial charge in [-0.05, 0) is 31.1 Å². The minimum atomic E-state index is -0.860. The van der Waals surface area contributed by atoms with E-state index >= 15 is 0 Å². The number of rotatable bonds is 3. The fourth-order valence-electron chi connectivity index (χ4n) is 2.63.